The topological polar surface area (TPSA) is 64.7 Å². The van der Waals surface area contributed by atoms with Gasteiger partial charge in [-0.1, -0.05) is 30.3 Å². The Labute approximate surface area is 160 Å². The summed E-state index contributed by atoms with van der Waals surface area (Å²) in [5.74, 6) is 0.0181. The van der Waals surface area contributed by atoms with Gasteiger partial charge in [-0.25, -0.2) is 4.79 Å². The van der Waals surface area contributed by atoms with Crippen molar-refractivity contribution in [1.82, 2.24) is 10.2 Å². The molecule has 0 atom stereocenters. The van der Waals surface area contributed by atoms with E-state index in [1.807, 2.05) is 66.4 Å². The van der Waals surface area contributed by atoms with Crippen molar-refractivity contribution in [3.05, 3.63) is 59.7 Å². The van der Waals surface area contributed by atoms with Crippen LogP contribution in [0.15, 0.2) is 48.5 Å². The molecule has 6 nitrogen and oxygen atoms in total. The monoisotopic (exact) mass is 366 g/mol. The second kappa shape index (κ2) is 8.58. The third-order valence-electron chi connectivity index (χ3n) is 4.66. The standard InChI is InChI=1S/C21H26N4O2/c1-24(2)19-11-10-17(14-18(19)20(26)25-12-6-7-13-25)23-21(27)22-15-16-8-4-3-5-9-16/h3-5,8-11,14H,6-7,12-13,15H2,1-2H3,(H2,22,23,27). The van der Waals surface area contributed by atoms with Crippen LogP contribution in [0.25, 0.3) is 0 Å². The summed E-state index contributed by atoms with van der Waals surface area (Å²) >= 11 is 0. The van der Waals surface area contributed by atoms with Gasteiger partial charge >= 0.3 is 6.03 Å². The molecule has 2 aromatic rings. The fraction of sp³-hybridized carbons (Fsp3) is 0.333. The first-order valence-electron chi connectivity index (χ1n) is 9.24. The Kier molecular flexibility index (Phi) is 5.96. The number of nitrogens with one attached hydrogen (secondary N) is 2. The van der Waals surface area contributed by atoms with Crippen LogP contribution in [0.4, 0.5) is 16.2 Å². The molecule has 0 radical (unpaired) electrons. The maximum atomic E-state index is 12.9. The third-order valence-corrected chi connectivity index (χ3v) is 4.66. The van der Waals surface area contributed by atoms with E-state index in [0.29, 0.717) is 17.8 Å². The minimum absolute atomic E-state index is 0.0181. The highest BCUT2D eigenvalue weighted by Gasteiger charge is 2.23. The quantitative estimate of drug-likeness (QED) is 0.853. The van der Waals surface area contributed by atoms with E-state index in [9.17, 15) is 9.59 Å². The number of amides is 3. The molecule has 0 bridgehead atoms. The number of likely N-dealkylation sites (tertiary alicyclic amines) is 1. The van der Waals surface area contributed by atoms with Gasteiger partial charge in [-0.3, -0.25) is 4.79 Å². The lowest BCUT2D eigenvalue weighted by Gasteiger charge is -2.22. The fourth-order valence-electron chi connectivity index (χ4n) is 3.22. The van der Waals surface area contributed by atoms with Gasteiger partial charge in [0.05, 0.1) is 5.56 Å². The molecule has 6 heteroatoms. The molecule has 2 N–H and O–H groups in total. The van der Waals surface area contributed by atoms with Crippen LogP contribution in [0.1, 0.15) is 28.8 Å². The van der Waals surface area contributed by atoms with E-state index in [0.717, 1.165) is 37.2 Å². The molecule has 0 aliphatic carbocycles. The van der Waals surface area contributed by atoms with Crippen LogP contribution in [0, 0.1) is 0 Å². The van der Waals surface area contributed by atoms with Crippen molar-refractivity contribution in [2.75, 3.05) is 37.4 Å². The number of anilines is 2. The molecule has 1 saturated heterocycles. The van der Waals surface area contributed by atoms with Crippen molar-refractivity contribution in [2.24, 2.45) is 0 Å². The Hall–Kier alpha value is -3.02. The van der Waals surface area contributed by atoms with Gasteiger partial charge in [0, 0.05) is 45.1 Å². The molecule has 3 rings (SSSR count). The molecule has 3 amide bonds. The molecule has 0 spiro atoms. The maximum Gasteiger partial charge on any atom is 0.319 e. The van der Waals surface area contributed by atoms with Crippen molar-refractivity contribution in [1.29, 1.82) is 0 Å². The Morgan fingerprint density at radius 2 is 1.74 bits per heavy atom. The molecular weight excluding hydrogens is 340 g/mol. The first-order valence-corrected chi connectivity index (χ1v) is 9.24. The lowest BCUT2D eigenvalue weighted by molar-refractivity contribution is 0.0793. The zero-order chi connectivity index (χ0) is 19.2. The van der Waals surface area contributed by atoms with E-state index in [1.165, 1.54) is 0 Å². The molecule has 1 aliphatic rings. The van der Waals surface area contributed by atoms with E-state index in [-0.39, 0.29) is 11.9 Å². The summed E-state index contributed by atoms with van der Waals surface area (Å²) in [7, 11) is 3.82. The van der Waals surface area contributed by atoms with Crippen LogP contribution in [0.3, 0.4) is 0 Å². The number of carbonyl (C=O) groups excluding carboxylic acids is 2. The minimum Gasteiger partial charge on any atom is -0.377 e. The number of hydrogen-bond acceptors (Lipinski definition) is 3. The summed E-state index contributed by atoms with van der Waals surface area (Å²) in [6.07, 6.45) is 2.09. The van der Waals surface area contributed by atoms with Crippen LogP contribution in [-0.4, -0.2) is 44.0 Å². The average molecular weight is 366 g/mol. The van der Waals surface area contributed by atoms with Gasteiger partial charge in [0.15, 0.2) is 0 Å². The van der Waals surface area contributed by atoms with Crippen molar-refractivity contribution >= 4 is 23.3 Å². The number of rotatable bonds is 5. The van der Waals surface area contributed by atoms with Crippen molar-refractivity contribution < 1.29 is 9.59 Å². The summed E-state index contributed by atoms with van der Waals surface area (Å²) < 4.78 is 0. The number of hydrogen-bond donors (Lipinski definition) is 2. The molecule has 1 heterocycles. The van der Waals surface area contributed by atoms with Gasteiger partial charge in [-0.05, 0) is 36.6 Å². The Bertz CT molecular complexity index is 799. The van der Waals surface area contributed by atoms with Gasteiger partial charge in [0.2, 0.25) is 0 Å². The van der Waals surface area contributed by atoms with Crippen LogP contribution in [0.2, 0.25) is 0 Å². The lowest BCUT2D eigenvalue weighted by atomic mass is 10.1. The second-order valence-electron chi connectivity index (χ2n) is 6.92. The van der Waals surface area contributed by atoms with Crippen LogP contribution in [-0.2, 0) is 6.54 Å². The Balaban J connectivity index is 1.70. The van der Waals surface area contributed by atoms with Crippen molar-refractivity contribution in [3.63, 3.8) is 0 Å². The van der Waals surface area contributed by atoms with Gasteiger partial charge in [-0.2, -0.15) is 0 Å². The fourth-order valence-corrected chi connectivity index (χ4v) is 3.22. The molecule has 0 saturated carbocycles. The first-order chi connectivity index (χ1) is 13.0. The normalized spacial score (nSPS) is 13.3. The van der Waals surface area contributed by atoms with Gasteiger partial charge < -0.3 is 20.4 Å². The van der Waals surface area contributed by atoms with E-state index < -0.39 is 0 Å². The first kappa shape index (κ1) is 18.8. The number of nitrogens with zero attached hydrogens (tertiary/aromatic N) is 2. The smallest absolute Gasteiger partial charge is 0.319 e. The highest BCUT2D eigenvalue weighted by Crippen LogP contribution is 2.25. The lowest BCUT2D eigenvalue weighted by Crippen LogP contribution is -2.30. The van der Waals surface area contributed by atoms with E-state index in [1.54, 1.807) is 6.07 Å². The van der Waals surface area contributed by atoms with Gasteiger partial charge in [0.1, 0.15) is 0 Å². The van der Waals surface area contributed by atoms with Gasteiger partial charge in [0.25, 0.3) is 5.91 Å². The highest BCUT2D eigenvalue weighted by atomic mass is 16.2. The largest absolute Gasteiger partial charge is 0.377 e. The van der Waals surface area contributed by atoms with Gasteiger partial charge in [-0.15, -0.1) is 0 Å². The molecule has 1 aliphatic heterocycles. The van der Waals surface area contributed by atoms with Crippen molar-refractivity contribution in [3.8, 4) is 0 Å². The maximum absolute atomic E-state index is 12.9. The number of urea groups is 1. The zero-order valence-corrected chi connectivity index (χ0v) is 15.9. The predicted molar refractivity (Wildman–Crippen MR) is 108 cm³/mol. The summed E-state index contributed by atoms with van der Waals surface area (Å²) in [5, 5.41) is 5.66. The minimum atomic E-state index is -0.295. The predicted octanol–water partition coefficient (Wildman–Crippen LogP) is 3.31. The molecule has 2 aromatic carbocycles. The molecule has 142 valence electrons. The molecular formula is C21H26N4O2. The molecule has 1 fully saturated rings. The summed E-state index contributed by atoms with van der Waals surface area (Å²) in [4.78, 5) is 28.9. The van der Waals surface area contributed by atoms with E-state index in [2.05, 4.69) is 10.6 Å². The summed E-state index contributed by atoms with van der Waals surface area (Å²) in [5.41, 5.74) is 3.10. The van der Waals surface area contributed by atoms with Crippen LogP contribution in [0.5, 0.6) is 0 Å². The summed E-state index contributed by atoms with van der Waals surface area (Å²) in [6.45, 7) is 2.03. The number of benzene rings is 2. The summed E-state index contributed by atoms with van der Waals surface area (Å²) in [6, 6.07) is 14.9. The molecule has 0 unspecified atom stereocenters. The second-order valence-corrected chi connectivity index (χ2v) is 6.92. The van der Waals surface area contributed by atoms with Crippen LogP contribution < -0.4 is 15.5 Å². The van der Waals surface area contributed by atoms with E-state index in [4.69, 9.17) is 0 Å². The SMILES string of the molecule is CN(C)c1ccc(NC(=O)NCc2ccccc2)cc1C(=O)N1CCCC1. The third kappa shape index (κ3) is 4.78. The highest BCUT2D eigenvalue weighted by molar-refractivity contribution is 6.02. The average Bonchev–Trinajstić information content (AvgIpc) is 3.21. The van der Waals surface area contributed by atoms with Crippen molar-refractivity contribution in [2.45, 2.75) is 19.4 Å². The molecule has 27 heavy (non-hydrogen) atoms. The Morgan fingerprint density at radius 1 is 1.04 bits per heavy atom. The Morgan fingerprint density at radius 3 is 2.41 bits per heavy atom. The number of carbonyl (C=O) groups is 2. The zero-order valence-electron chi connectivity index (χ0n) is 15.9. The van der Waals surface area contributed by atoms with Crippen LogP contribution >= 0.6 is 0 Å². The molecule has 0 aromatic heterocycles. The van der Waals surface area contributed by atoms with E-state index >= 15 is 0 Å².